The number of carbonyl (C=O) groups excluding carboxylic acids is 1. The van der Waals surface area contributed by atoms with Crippen molar-refractivity contribution in [3.63, 3.8) is 0 Å². The van der Waals surface area contributed by atoms with Crippen LogP contribution in [-0.2, 0) is 14.3 Å². The average Bonchev–Trinajstić information content (AvgIpc) is 2.94. The zero-order valence-corrected chi connectivity index (χ0v) is 19.8. The number of aliphatic hydroxyl groups excluding tert-OH is 2. The first-order valence-corrected chi connectivity index (χ1v) is 11.4. The van der Waals surface area contributed by atoms with Gasteiger partial charge in [-0.25, -0.2) is 4.39 Å². The lowest BCUT2D eigenvalue weighted by atomic mass is 10.1. The molecule has 0 aromatic heterocycles. The Kier molecular flexibility index (Phi) is 8.96. The van der Waals surface area contributed by atoms with Gasteiger partial charge in [0.1, 0.15) is 42.4 Å². The topological polar surface area (TPSA) is 85.2 Å². The van der Waals surface area contributed by atoms with Crippen LogP contribution in [0.3, 0.4) is 0 Å². The van der Waals surface area contributed by atoms with Crippen LogP contribution >= 0.6 is 11.6 Å². The minimum Gasteiger partial charge on any atom is -0.507 e. The average molecular weight is 491 g/mol. The van der Waals surface area contributed by atoms with Crippen LogP contribution in [-0.4, -0.2) is 41.6 Å². The highest BCUT2D eigenvalue weighted by Crippen LogP contribution is 2.34. The van der Waals surface area contributed by atoms with Crippen molar-refractivity contribution in [1.82, 2.24) is 0 Å². The van der Waals surface area contributed by atoms with E-state index in [-0.39, 0.29) is 29.5 Å². The lowest BCUT2D eigenvalue weighted by Gasteiger charge is -2.11. The van der Waals surface area contributed by atoms with Crippen LogP contribution in [0, 0.1) is 5.82 Å². The van der Waals surface area contributed by atoms with Crippen molar-refractivity contribution in [3.8, 4) is 5.75 Å². The lowest BCUT2D eigenvalue weighted by Crippen LogP contribution is -2.14. The molecular formula is C26H28ClFO6. The summed E-state index contributed by atoms with van der Waals surface area (Å²) in [6.45, 7) is 3.92. The van der Waals surface area contributed by atoms with Gasteiger partial charge in [-0.2, -0.15) is 0 Å². The van der Waals surface area contributed by atoms with E-state index in [9.17, 15) is 19.4 Å². The van der Waals surface area contributed by atoms with Crippen LogP contribution in [0.25, 0.3) is 0 Å². The summed E-state index contributed by atoms with van der Waals surface area (Å²) in [5.41, 5.74) is 2.23. The van der Waals surface area contributed by atoms with Crippen LogP contribution in [0.1, 0.15) is 33.1 Å². The molecule has 1 aliphatic carbocycles. The van der Waals surface area contributed by atoms with Gasteiger partial charge in [0.15, 0.2) is 0 Å². The Bertz CT molecular complexity index is 1070. The largest absolute Gasteiger partial charge is 0.507 e. The molecule has 6 nitrogen and oxygen atoms in total. The zero-order valence-electron chi connectivity index (χ0n) is 19.1. The summed E-state index contributed by atoms with van der Waals surface area (Å²) in [6, 6.07) is 3.94. The normalized spacial score (nSPS) is 16.5. The summed E-state index contributed by atoms with van der Waals surface area (Å²) in [5, 5.41) is 20.5. The van der Waals surface area contributed by atoms with E-state index in [0.717, 1.165) is 5.57 Å². The number of aliphatic hydroxyl groups is 2. The van der Waals surface area contributed by atoms with E-state index in [0.29, 0.717) is 48.5 Å². The Labute approximate surface area is 203 Å². The number of carbonyl (C=O) groups is 1. The zero-order chi connectivity index (χ0) is 24.7. The summed E-state index contributed by atoms with van der Waals surface area (Å²) in [4.78, 5) is 11.7. The molecule has 0 saturated heterocycles. The van der Waals surface area contributed by atoms with Crippen molar-refractivity contribution in [3.05, 3.63) is 87.7 Å². The minimum absolute atomic E-state index is 0.0317. The number of hydrogen-bond donors (Lipinski definition) is 2. The van der Waals surface area contributed by atoms with E-state index in [4.69, 9.17) is 25.8 Å². The van der Waals surface area contributed by atoms with Gasteiger partial charge in [-0.3, -0.25) is 4.79 Å². The van der Waals surface area contributed by atoms with Crippen LogP contribution in [0.2, 0.25) is 5.02 Å². The number of fused-ring (bicyclic) bond motifs is 1. The SMILES string of the molecule is CC(C)OC(=O)CCCC1=CC=C2C(=CC(O)=C2/C=C/[C@@H](O)COc2ccc(F)c(Cl)c2)OC1. The summed E-state index contributed by atoms with van der Waals surface area (Å²) in [5.74, 6) is 0.138. The number of rotatable bonds is 10. The van der Waals surface area contributed by atoms with Crippen LogP contribution < -0.4 is 4.74 Å². The number of hydrogen-bond acceptors (Lipinski definition) is 6. The fraction of sp³-hybridized carbons (Fsp3) is 0.346. The molecule has 34 heavy (non-hydrogen) atoms. The highest BCUT2D eigenvalue weighted by molar-refractivity contribution is 6.30. The van der Waals surface area contributed by atoms with Gasteiger partial charge in [0.05, 0.1) is 11.1 Å². The molecule has 1 aromatic carbocycles. The van der Waals surface area contributed by atoms with E-state index in [1.54, 1.807) is 6.08 Å². The molecule has 0 radical (unpaired) electrons. The summed E-state index contributed by atoms with van der Waals surface area (Å²) < 4.78 is 29.7. The number of benzene rings is 1. The fourth-order valence-corrected chi connectivity index (χ4v) is 3.56. The van der Waals surface area contributed by atoms with Crippen molar-refractivity contribution in [2.24, 2.45) is 0 Å². The second kappa shape index (κ2) is 11.9. The molecule has 3 rings (SSSR count). The smallest absolute Gasteiger partial charge is 0.306 e. The van der Waals surface area contributed by atoms with Gasteiger partial charge in [0.25, 0.3) is 0 Å². The number of esters is 1. The van der Waals surface area contributed by atoms with Crippen molar-refractivity contribution < 1.29 is 33.6 Å². The molecular weight excluding hydrogens is 463 g/mol. The molecule has 0 spiro atoms. The Morgan fingerprint density at radius 2 is 2.12 bits per heavy atom. The molecule has 1 heterocycles. The van der Waals surface area contributed by atoms with Gasteiger partial charge in [0, 0.05) is 29.7 Å². The molecule has 8 heteroatoms. The van der Waals surface area contributed by atoms with Crippen molar-refractivity contribution in [2.45, 2.75) is 45.3 Å². The third-order valence-electron chi connectivity index (χ3n) is 5.04. The van der Waals surface area contributed by atoms with Crippen molar-refractivity contribution >= 4 is 17.6 Å². The Balaban J connectivity index is 1.56. The molecule has 0 unspecified atom stereocenters. The Morgan fingerprint density at radius 3 is 2.85 bits per heavy atom. The molecule has 182 valence electrons. The fourth-order valence-electron chi connectivity index (χ4n) is 3.38. The molecule has 2 aliphatic rings. The van der Waals surface area contributed by atoms with Gasteiger partial charge in [0.2, 0.25) is 0 Å². The Morgan fingerprint density at radius 1 is 1.32 bits per heavy atom. The second-order valence-corrected chi connectivity index (χ2v) is 8.61. The standard InChI is InChI=1S/C26H28ClFO6/c1-16(2)34-26(31)5-3-4-17-6-9-21-20(24(30)13-25(21)33-14-17)10-7-18(29)15-32-19-8-11-23(28)22(27)12-19/h6-13,16,18,29-30H,3-5,14-15H2,1-2H3/b10-7+/t18-/m1/s1. The molecule has 1 aromatic rings. The Hall–Kier alpha value is -3.03. The van der Waals surface area contributed by atoms with Crippen LogP contribution in [0.4, 0.5) is 4.39 Å². The van der Waals surface area contributed by atoms with Crippen LogP contribution in [0.5, 0.6) is 5.75 Å². The quantitative estimate of drug-likeness (QED) is 0.422. The summed E-state index contributed by atoms with van der Waals surface area (Å²) in [6.07, 6.45) is 8.99. The van der Waals surface area contributed by atoms with Crippen molar-refractivity contribution in [1.29, 1.82) is 0 Å². The second-order valence-electron chi connectivity index (χ2n) is 8.21. The van der Waals surface area contributed by atoms with Crippen LogP contribution in [0.15, 0.2) is 76.8 Å². The molecule has 0 fully saturated rings. The maximum absolute atomic E-state index is 13.2. The van der Waals surface area contributed by atoms with Gasteiger partial charge in [-0.05, 0) is 44.4 Å². The number of halogens is 2. The van der Waals surface area contributed by atoms with E-state index in [2.05, 4.69) is 0 Å². The monoisotopic (exact) mass is 490 g/mol. The molecule has 1 atom stereocenters. The molecule has 0 amide bonds. The molecule has 0 saturated carbocycles. The predicted octanol–water partition coefficient (Wildman–Crippen LogP) is 5.49. The van der Waals surface area contributed by atoms with E-state index >= 15 is 0 Å². The van der Waals surface area contributed by atoms with Gasteiger partial charge < -0.3 is 24.4 Å². The van der Waals surface area contributed by atoms with E-state index < -0.39 is 11.9 Å². The first kappa shape index (κ1) is 25.6. The van der Waals surface area contributed by atoms with Gasteiger partial charge in [-0.1, -0.05) is 35.9 Å². The van der Waals surface area contributed by atoms with E-state index in [1.807, 2.05) is 26.0 Å². The lowest BCUT2D eigenvalue weighted by molar-refractivity contribution is -0.147. The maximum atomic E-state index is 13.2. The molecule has 0 bridgehead atoms. The highest BCUT2D eigenvalue weighted by atomic mass is 35.5. The summed E-state index contributed by atoms with van der Waals surface area (Å²) in [7, 11) is 0. The van der Waals surface area contributed by atoms with E-state index in [1.165, 1.54) is 30.4 Å². The number of ether oxygens (including phenoxy) is 3. The van der Waals surface area contributed by atoms with Gasteiger partial charge >= 0.3 is 5.97 Å². The number of allylic oxidation sites excluding steroid dienone is 5. The predicted molar refractivity (Wildman–Crippen MR) is 127 cm³/mol. The highest BCUT2D eigenvalue weighted by Gasteiger charge is 2.23. The molecule has 2 N–H and O–H groups in total. The first-order chi connectivity index (χ1) is 16.2. The maximum Gasteiger partial charge on any atom is 0.306 e. The third kappa shape index (κ3) is 7.23. The van der Waals surface area contributed by atoms with Gasteiger partial charge in [-0.15, -0.1) is 0 Å². The minimum atomic E-state index is -0.975. The first-order valence-electron chi connectivity index (χ1n) is 11.0. The third-order valence-corrected chi connectivity index (χ3v) is 5.33. The molecule has 1 aliphatic heterocycles. The van der Waals surface area contributed by atoms with Crippen molar-refractivity contribution in [2.75, 3.05) is 13.2 Å². The summed E-state index contributed by atoms with van der Waals surface area (Å²) >= 11 is 5.73.